The molecule has 0 unspecified atom stereocenters. The van der Waals surface area contributed by atoms with E-state index in [1.807, 2.05) is 23.1 Å². The van der Waals surface area contributed by atoms with Gasteiger partial charge in [-0.15, -0.1) is 0 Å². The van der Waals surface area contributed by atoms with Gasteiger partial charge in [-0.05, 0) is 30.7 Å². The maximum atomic E-state index is 12.7. The van der Waals surface area contributed by atoms with Crippen molar-refractivity contribution in [2.24, 2.45) is 0 Å². The van der Waals surface area contributed by atoms with E-state index in [-0.39, 0.29) is 5.91 Å². The second-order valence-corrected chi connectivity index (χ2v) is 8.66. The largest absolute Gasteiger partial charge is 0.497 e. The molecule has 0 N–H and O–H groups in total. The van der Waals surface area contributed by atoms with Gasteiger partial charge in [0.05, 0.1) is 7.11 Å². The Labute approximate surface area is 190 Å². The SMILES string of the molecule is CCCCN(CCC(=O)N1CCN(CC)CC1)c1nc(Cc2cccc(OC)c2)ns1. The molecule has 1 aliphatic heterocycles. The highest BCUT2D eigenvalue weighted by Crippen LogP contribution is 2.21. The summed E-state index contributed by atoms with van der Waals surface area (Å²) in [6.45, 7) is 10.6. The zero-order valence-corrected chi connectivity index (χ0v) is 19.9. The van der Waals surface area contributed by atoms with Crippen LogP contribution in [0.1, 0.15) is 44.5 Å². The number of hydrogen-bond acceptors (Lipinski definition) is 7. The molecule has 31 heavy (non-hydrogen) atoms. The molecule has 2 heterocycles. The van der Waals surface area contributed by atoms with Crippen molar-refractivity contribution in [3.05, 3.63) is 35.7 Å². The minimum absolute atomic E-state index is 0.248. The van der Waals surface area contributed by atoms with Crippen LogP contribution in [0, 0.1) is 0 Å². The molecule has 1 aromatic heterocycles. The molecule has 0 saturated carbocycles. The number of nitrogens with zero attached hydrogens (tertiary/aromatic N) is 5. The molecule has 8 heteroatoms. The van der Waals surface area contributed by atoms with E-state index in [9.17, 15) is 4.79 Å². The number of methoxy groups -OCH3 is 1. The number of carbonyl (C=O) groups is 1. The first kappa shape index (κ1) is 23.5. The topological polar surface area (TPSA) is 61.8 Å². The van der Waals surface area contributed by atoms with Crippen LogP contribution in [0.25, 0.3) is 0 Å². The molecule has 0 bridgehead atoms. The van der Waals surface area contributed by atoms with Gasteiger partial charge in [-0.25, -0.2) is 4.98 Å². The zero-order valence-electron chi connectivity index (χ0n) is 19.0. The Hall–Kier alpha value is -2.19. The molecule has 1 aromatic carbocycles. The summed E-state index contributed by atoms with van der Waals surface area (Å²) in [5.74, 6) is 1.91. The molecule has 170 valence electrons. The first-order valence-electron chi connectivity index (χ1n) is 11.3. The van der Waals surface area contributed by atoms with Gasteiger partial charge in [0.25, 0.3) is 0 Å². The lowest BCUT2D eigenvalue weighted by Gasteiger charge is -2.34. The third-order valence-corrected chi connectivity index (χ3v) is 6.59. The number of ether oxygens (including phenoxy) is 1. The molecule has 0 aliphatic carbocycles. The maximum Gasteiger partial charge on any atom is 0.224 e. The van der Waals surface area contributed by atoms with Crippen molar-refractivity contribution in [3.8, 4) is 5.75 Å². The molecule has 1 aliphatic rings. The summed E-state index contributed by atoms with van der Waals surface area (Å²) in [5, 5.41) is 0.912. The summed E-state index contributed by atoms with van der Waals surface area (Å²) >= 11 is 1.43. The third-order valence-electron chi connectivity index (χ3n) is 5.77. The average Bonchev–Trinajstić information content (AvgIpc) is 3.27. The van der Waals surface area contributed by atoms with Crippen LogP contribution in [0.4, 0.5) is 5.13 Å². The Morgan fingerprint density at radius 3 is 2.71 bits per heavy atom. The first-order valence-corrected chi connectivity index (χ1v) is 12.1. The number of carbonyl (C=O) groups excluding carboxylic acids is 1. The van der Waals surface area contributed by atoms with Crippen LogP contribution >= 0.6 is 11.5 Å². The summed E-state index contributed by atoms with van der Waals surface area (Å²) < 4.78 is 9.89. The molecule has 3 rings (SSSR count). The third kappa shape index (κ3) is 6.90. The predicted molar refractivity (Wildman–Crippen MR) is 126 cm³/mol. The summed E-state index contributed by atoms with van der Waals surface area (Å²) in [7, 11) is 1.68. The van der Waals surface area contributed by atoms with Gasteiger partial charge in [0.1, 0.15) is 11.6 Å². The van der Waals surface area contributed by atoms with Crippen LogP contribution in [0.2, 0.25) is 0 Å². The van der Waals surface area contributed by atoms with Crippen LogP contribution in [0.5, 0.6) is 5.75 Å². The quantitative estimate of drug-likeness (QED) is 0.529. The van der Waals surface area contributed by atoms with Crippen molar-refractivity contribution in [2.75, 3.05) is 57.8 Å². The summed E-state index contributed by atoms with van der Waals surface area (Å²) in [6, 6.07) is 8.01. The fraction of sp³-hybridized carbons (Fsp3) is 0.609. The number of anilines is 1. The molecule has 2 aromatic rings. The number of unbranched alkanes of at least 4 members (excludes halogenated alkanes) is 1. The number of amides is 1. The van der Waals surface area contributed by atoms with Crippen LogP contribution in [-0.4, -0.2) is 78.0 Å². The van der Waals surface area contributed by atoms with Gasteiger partial charge in [-0.2, -0.15) is 4.37 Å². The van der Waals surface area contributed by atoms with E-state index in [0.29, 0.717) is 19.4 Å². The zero-order chi connectivity index (χ0) is 22.1. The van der Waals surface area contributed by atoms with Crippen molar-refractivity contribution < 1.29 is 9.53 Å². The Morgan fingerprint density at radius 1 is 1.19 bits per heavy atom. The standard InChI is InChI=1S/C23H35N5O2S/c1-4-6-11-28(12-10-22(29)27-15-13-26(5-2)14-16-27)23-24-21(25-31-23)18-19-8-7-9-20(17-19)30-3/h7-9,17H,4-6,10-16,18H2,1-3H3. The number of benzene rings is 1. The minimum Gasteiger partial charge on any atom is -0.497 e. The number of likely N-dealkylation sites (N-methyl/N-ethyl adjacent to an activating group) is 1. The second-order valence-electron chi connectivity index (χ2n) is 7.93. The highest BCUT2D eigenvalue weighted by atomic mass is 32.1. The Balaban J connectivity index is 1.58. The van der Waals surface area contributed by atoms with Crippen LogP contribution in [0.15, 0.2) is 24.3 Å². The Morgan fingerprint density at radius 2 is 2.00 bits per heavy atom. The Kier molecular flexibility index (Phi) is 9.09. The van der Waals surface area contributed by atoms with Gasteiger partial charge < -0.3 is 19.4 Å². The molecular weight excluding hydrogens is 410 g/mol. The van der Waals surface area contributed by atoms with Gasteiger partial charge in [0.15, 0.2) is 0 Å². The van der Waals surface area contributed by atoms with E-state index >= 15 is 0 Å². The van der Waals surface area contributed by atoms with Crippen LogP contribution < -0.4 is 9.64 Å². The fourth-order valence-electron chi connectivity index (χ4n) is 3.76. The van der Waals surface area contributed by atoms with Gasteiger partial charge in [-0.3, -0.25) is 4.79 Å². The minimum atomic E-state index is 0.248. The first-order chi connectivity index (χ1) is 15.1. The maximum absolute atomic E-state index is 12.7. The summed E-state index contributed by atoms with van der Waals surface area (Å²) in [6.07, 6.45) is 3.39. The van der Waals surface area contributed by atoms with E-state index in [1.54, 1.807) is 7.11 Å². The Bertz CT molecular complexity index is 820. The molecular formula is C23H35N5O2S. The fourth-order valence-corrected chi connectivity index (χ4v) is 4.50. The normalized spacial score (nSPS) is 14.6. The highest BCUT2D eigenvalue weighted by Gasteiger charge is 2.21. The van der Waals surface area contributed by atoms with Crippen molar-refractivity contribution in [2.45, 2.75) is 39.5 Å². The second kappa shape index (κ2) is 12.0. The lowest BCUT2D eigenvalue weighted by Crippen LogP contribution is -2.49. The lowest BCUT2D eigenvalue weighted by atomic mass is 10.1. The number of rotatable bonds is 11. The highest BCUT2D eigenvalue weighted by molar-refractivity contribution is 7.09. The van der Waals surface area contributed by atoms with Crippen molar-refractivity contribution in [3.63, 3.8) is 0 Å². The summed E-state index contributed by atoms with van der Waals surface area (Å²) in [4.78, 5) is 24.2. The monoisotopic (exact) mass is 445 g/mol. The van der Waals surface area contributed by atoms with E-state index < -0.39 is 0 Å². The summed E-state index contributed by atoms with van der Waals surface area (Å²) in [5.41, 5.74) is 1.13. The van der Waals surface area contributed by atoms with Gasteiger partial charge in [-0.1, -0.05) is 32.4 Å². The van der Waals surface area contributed by atoms with Gasteiger partial charge in [0.2, 0.25) is 11.0 Å². The van der Waals surface area contributed by atoms with Crippen LogP contribution in [0.3, 0.4) is 0 Å². The molecule has 7 nitrogen and oxygen atoms in total. The number of piperazine rings is 1. The molecule has 1 fully saturated rings. The van der Waals surface area contributed by atoms with Gasteiger partial charge >= 0.3 is 0 Å². The van der Waals surface area contributed by atoms with E-state index in [2.05, 4.69) is 34.1 Å². The van der Waals surface area contributed by atoms with Crippen molar-refractivity contribution in [1.82, 2.24) is 19.2 Å². The van der Waals surface area contributed by atoms with E-state index in [0.717, 1.165) is 74.4 Å². The smallest absolute Gasteiger partial charge is 0.224 e. The van der Waals surface area contributed by atoms with Crippen LogP contribution in [-0.2, 0) is 11.2 Å². The van der Waals surface area contributed by atoms with E-state index in [1.165, 1.54) is 11.5 Å². The van der Waals surface area contributed by atoms with E-state index in [4.69, 9.17) is 9.72 Å². The number of hydrogen-bond donors (Lipinski definition) is 0. The van der Waals surface area contributed by atoms with Gasteiger partial charge in [0, 0.05) is 63.6 Å². The lowest BCUT2D eigenvalue weighted by molar-refractivity contribution is -0.132. The molecule has 0 atom stereocenters. The number of aromatic nitrogens is 2. The molecule has 0 spiro atoms. The van der Waals surface area contributed by atoms with Crippen molar-refractivity contribution in [1.29, 1.82) is 0 Å². The molecule has 1 amide bonds. The predicted octanol–water partition coefficient (Wildman–Crippen LogP) is 3.30. The average molecular weight is 446 g/mol. The molecule has 1 saturated heterocycles. The van der Waals surface area contributed by atoms with Crippen molar-refractivity contribution >= 4 is 22.6 Å². The molecule has 0 radical (unpaired) electrons.